The lowest BCUT2D eigenvalue weighted by atomic mass is 10.2. The van der Waals surface area contributed by atoms with E-state index in [0.717, 1.165) is 0 Å². The fourth-order valence-electron chi connectivity index (χ4n) is 2.38. The minimum Gasteiger partial charge on any atom is -0.349 e. The van der Waals surface area contributed by atoms with Crippen LogP contribution in [0.5, 0.6) is 0 Å². The molecular formula is C19H17ClN4O4S. The summed E-state index contributed by atoms with van der Waals surface area (Å²) < 4.78 is 32.6. The van der Waals surface area contributed by atoms with Gasteiger partial charge in [0.1, 0.15) is 0 Å². The number of rotatable bonds is 8. The van der Waals surface area contributed by atoms with Crippen molar-refractivity contribution in [1.82, 2.24) is 20.2 Å². The molecular weight excluding hydrogens is 416 g/mol. The first kappa shape index (κ1) is 20.7. The van der Waals surface area contributed by atoms with Gasteiger partial charge in [0.25, 0.3) is 5.91 Å². The molecule has 3 aromatic rings. The summed E-state index contributed by atoms with van der Waals surface area (Å²) >= 11 is 5.94. The van der Waals surface area contributed by atoms with Gasteiger partial charge in [0.05, 0.1) is 11.4 Å². The summed E-state index contributed by atoms with van der Waals surface area (Å²) in [4.78, 5) is 16.1. The zero-order chi connectivity index (χ0) is 20.9. The first-order valence-electron chi connectivity index (χ1n) is 8.46. The molecule has 0 aliphatic carbocycles. The number of benzene rings is 2. The highest BCUT2D eigenvalue weighted by atomic mass is 35.5. The second-order valence-corrected chi connectivity index (χ2v) is 8.08. The van der Waals surface area contributed by atoms with E-state index in [1.807, 2.05) is 0 Å². The monoisotopic (exact) mass is 432 g/mol. The first-order valence-corrected chi connectivity index (χ1v) is 10.3. The van der Waals surface area contributed by atoms with Gasteiger partial charge < -0.3 is 9.84 Å². The standard InChI is InChI=1S/C19H17ClN4O4S/c1-2-9-21-19(25)14-6-4-8-16(11-14)29(26,27)22-12-17-23-18(24-28-17)13-5-3-7-15(20)10-13/h2-8,10-11,22H,1,9,12H2,(H,21,25). The molecule has 1 amide bonds. The summed E-state index contributed by atoms with van der Waals surface area (Å²) in [5, 5.41) is 6.94. The Labute approximate surface area is 172 Å². The number of halogens is 1. The first-order chi connectivity index (χ1) is 13.9. The number of aromatic nitrogens is 2. The van der Waals surface area contributed by atoms with Gasteiger partial charge in [0, 0.05) is 22.7 Å². The van der Waals surface area contributed by atoms with Crippen molar-refractivity contribution < 1.29 is 17.7 Å². The predicted octanol–water partition coefficient (Wildman–Crippen LogP) is 2.78. The van der Waals surface area contributed by atoms with E-state index in [2.05, 4.69) is 26.8 Å². The fraction of sp³-hybridized carbons (Fsp3) is 0.105. The second kappa shape index (κ2) is 8.99. The van der Waals surface area contributed by atoms with Gasteiger partial charge in [0.2, 0.25) is 21.7 Å². The largest absolute Gasteiger partial charge is 0.349 e. The van der Waals surface area contributed by atoms with E-state index < -0.39 is 15.9 Å². The summed E-state index contributed by atoms with van der Waals surface area (Å²) in [6.07, 6.45) is 1.53. The molecule has 0 aliphatic rings. The highest BCUT2D eigenvalue weighted by Crippen LogP contribution is 2.20. The van der Waals surface area contributed by atoms with Gasteiger partial charge in [-0.05, 0) is 30.3 Å². The Hall–Kier alpha value is -3.01. The lowest BCUT2D eigenvalue weighted by molar-refractivity contribution is 0.0958. The molecule has 0 saturated heterocycles. The van der Waals surface area contributed by atoms with Gasteiger partial charge in [-0.1, -0.05) is 41.0 Å². The molecule has 0 saturated carbocycles. The van der Waals surface area contributed by atoms with Crippen molar-refractivity contribution in [3.05, 3.63) is 77.7 Å². The van der Waals surface area contributed by atoms with Crippen LogP contribution in [-0.4, -0.2) is 31.0 Å². The van der Waals surface area contributed by atoms with E-state index in [9.17, 15) is 13.2 Å². The lowest BCUT2D eigenvalue weighted by Gasteiger charge is -2.07. The summed E-state index contributed by atoms with van der Waals surface area (Å²) in [7, 11) is -3.90. The summed E-state index contributed by atoms with van der Waals surface area (Å²) in [5.41, 5.74) is 0.865. The molecule has 0 spiro atoms. The highest BCUT2D eigenvalue weighted by molar-refractivity contribution is 7.89. The molecule has 1 aromatic heterocycles. The maximum Gasteiger partial charge on any atom is 0.251 e. The molecule has 0 fully saturated rings. The van der Waals surface area contributed by atoms with E-state index in [1.165, 1.54) is 30.3 Å². The number of sulfonamides is 1. The minimum atomic E-state index is -3.90. The van der Waals surface area contributed by atoms with Gasteiger partial charge in [-0.15, -0.1) is 6.58 Å². The SMILES string of the molecule is C=CCNC(=O)c1cccc(S(=O)(=O)NCc2nc(-c3cccc(Cl)c3)no2)c1. The molecule has 0 radical (unpaired) electrons. The average Bonchev–Trinajstić information content (AvgIpc) is 3.20. The van der Waals surface area contributed by atoms with Gasteiger partial charge in [-0.2, -0.15) is 4.98 Å². The Morgan fingerprint density at radius 3 is 2.76 bits per heavy atom. The maximum absolute atomic E-state index is 12.5. The Morgan fingerprint density at radius 2 is 2.00 bits per heavy atom. The molecule has 29 heavy (non-hydrogen) atoms. The zero-order valence-corrected chi connectivity index (χ0v) is 16.7. The van der Waals surface area contributed by atoms with Crippen LogP contribution in [0.15, 0.2) is 70.6 Å². The minimum absolute atomic E-state index is 0.0571. The number of carbonyl (C=O) groups excluding carboxylic acids is 1. The molecule has 2 N–H and O–H groups in total. The van der Waals surface area contributed by atoms with Crippen LogP contribution in [0.3, 0.4) is 0 Å². The van der Waals surface area contributed by atoms with E-state index in [1.54, 1.807) is 24.3 Å². The van der Waals surface area contributed by atoms with Crippen molar-refractivity contribution >= 4 is 27.5 Å². The van der Waals surface area contributed by atoms with Crippen LogP contribution in [0.1, 0.15) is 16.2 Å². The van der Waals surface area contributed by atoms with Crippen molar-refractivity contribution in [3.8, 4) is 11.4 Å². The molecule has 1 heterocycles. The third-order valence-electron chi connectivity index (χ3n) is 3.78. The molecule has 0 bridgehead atoms. The van der Waals surface area contributed by atoms with Crippen molar-refractivity contribution in [2.24, 2.45) is 0 Å². The third kappa shape index (κ3) is 5.29. The molecule has 3 rings (SSSR count). The normalized spacial score (nSPS) is 11.2. The molecule has 0 atom stereocenters. The fourth-order valence-corrected chi connectivity index (χ4v) is 3.59. The number of carbonyl (C=O) groups is 1. The number of amides is 1. The summed E-state index contributed by atoms with van der Waals surface area (Å²) in [5.74, 6) is -0.0176. The highest BCUT2D eigenvalue weighted by Gasteiger charge is 2.18. The van der Waals surface area contributed by atoms with Crippen molar-refractivity contribution in [2.75, 3.05) is 6.54 Å². The van der Waals surface area contributed by atoms with Crippen molar-refractivity contribution in [1.29, 1.82) is 0 Å². The Kier molecular flexibility index (Phi) is 6.42. The van der Waals surface area contributed by atoms with E-state index in [0.29, 0.717) is 16.4 Å². The Morgan fingerprint density at radius 1 is 1.21 bits per heavy atom. The van der Waals surface area contributed by atoms with E-state index in [-0.39, 0.29) is 29.4 Å². The smallest absolute Gasteiger partial charge is 0.251 e. The number of hydrogen-bond donors (Lipinski definition) is 2. The number of nitrogens with one attached hydrogen (secondary N) is 2. The molecule has 0 unspecified atom stereocenters. The second-order valence-electron chi connectivity index (χ2n) is 5.87. The molecule has 8 nitrogen and oxygen atoms in total. The van der Waals surface area contributed by atoms with E-state index >= 15 is 0 Å². The summed E-state index contributed by atoms with van der Waals surface area (Å²) in [6.45, 7) is 3.59. The molecule has 0 aliphatic heterocycles. The van der Waals surface area contributed by atoms with Crippen LogP contribution in [0.2, 0.25) is 5.02 Å². The quantitative estimate of drug-likeness (QED) is 0.529. The van der Waals surface area contributed by atoms with Crippen molar-refractivity contribution in [3.63, 3.8) is 0 Å². The average molecular weight is 433 g/mol. The number of hydrogen-bond acceptors (Lipinski definition) is 6. The zero-order valence-electron chi connectivity index (χ0n) is 15.1. The number of nitrogens with zero attached hydrogens (tertiary/aromatic N) is 2. The predicted molar refractivity (Wildman–Crippen MR) is 108 cm³/mol. The Bertz CT molecular complexity index is 1140. The van der Waals surface area contributed by atoms with Crippen LogP contribution < -0.4 is 10.0 Å². The lowest BCUT2D eigenvalue weighted by Crippen LogP contribution is -2.25. The maximum atomic E-state index is 12.5. The van der Waals surface area contributed by atoms with Crippen LogP contribution >= 0.6 is 11.6 Å². The van der Waals surface area contributed by atoms with Crippen LogP contribution in [0.25, 0.3) is 11.4 Å². The van der Waals surface area contributed by atoms with Gasteiger partial charge >= 0.3 is 0 Å². The van der Waals surface area contributed by atoms with Gasteiger partial charge in [0.15, 0.2) is 0 Å². The van der Waals surface area contributed by atoms with Crippen molar-refractivity contribution in [2.45, 2.75) is 11.4 Å². The molecule has 2 aromatic carbocycles. The topological polar surface area (TPSA) is 114 Å². The third-order valence-corrected chi connectivity index (χ3v) is 5.41. The van der Waals surface area contributed by atoms with Gasteiger partial charge in [-0.25, -0.2) is 13.1 Å². The summed E-state index contributed by atoms with van der Waals surface area (Å²) in [6, 6.07) is 12.6. The van der Waals surface area contributed by atoms with Gasteiger partial charge in [-0.3, -0.25) is 4.79 Å². The molecule has 10 heteroatoms. The van der Waals surface area contributed by atoms with E-state index in [4.69, 9.17) is 16.1 Å². The van der Waals surface area contributed by atoms with Crippen LogP contribution in [-0.2, 0) is 16.6 Å². The Balaban J connectivity index is 1.71. The molecule has 150 valence electrons. The van der Waals surface area contributed by atoms with Crippen LogP contribution in [0.4, 0.5) is 0 Å². The van der Waals surface area contributed by atoms with Crippen LogP contribution in [0, 0.1) is 0 Å².